The monoisotopic (exact) mass is 450 g/mol. The maximum atomic E-state index is 6.40. The van der Waals surface area contributed by atoms with E-state index in [0.29, 0.717) is 0 Å². The van der Waals surface area contributed by atoms with Gasteiger partial charge in [-0.15, -0.1) is 0 Å². The summed E-state index contributed by atoms with van der Waals surface area (Å²) in [5.41, 5.74) is 4.14. The van der Waals surface area contributed by atoms with Crippen LogP contribution < -0.4 is 4.74 Å². The normalized spacial score (nSPS) is 12.0. The number of hydrogen-bond donors (Lipinski definition) is 0. The van der Waals surface area contributed by atoms with Gasteiger partial charge in [-0.05, 0) is 59.3 Å². The zero-order valence-electron chi connectivity index (χ0n) is 18.6. The molecule has 5 heteroatoms. The van der Waals surface area contributed by atoms with E-state index in [2.05, 4.69) is 91.6 Å². The van der Waals surface area contributed by atoms with Crippen LogP contribution in [-0.4, -0.2) is 18.8 Å². The van der Waals surface area contributed by atoms with Gasteiger partial charge >= 0.3 is 0 Å². The van der Waals surface area contributed by atoms with Gasteiger partial charge in [0.1, 0.15) is 22.8 Å². The minimum atomic E-state index is 0.775. The van der Waals surface area contributed by atoms with Crippen LogP contribution in [0.5, 0.6) is 11.5 Å². The number of benzene rings is 4. The molecule has 0 unspecified atom stereocenters. The summed E-state index contributed by atoms with van der Waals surface area (Å²) in [6.45, 7) is 0. The van der Waals surface area contributed by atoms with Gasteiger partial charge in [0.15, 0.2) is 0 Å². The first-order chi connectivity index (χ1) is 17.3. The van der Waals surface area contributed by atoms with Crippen molar-refractivity contribution >= 4 is 54.6 Å². The molecule has 0 saturated heterocycles. The van der Waals surface area contributed by atoms with Crippen molar-refractivity contribution in [3.8, 4) is 11.5 Å². The van der Waals surface area contributed by atoms with Crippen LogP contribution in [0.3, 0.4) is 0 Å². The second-order valence-electron chi connectivity index (χ2n) is 8.79. The summed E-state index contributed by atoms with van der Waals surface area (Å²) in [6, 6.07) is 29.3. The lowest BCUT2D eigenvalue weighted by Gasteiger charge is -2.12. The highest BCUT2D eigenvalue weighted by atomic mass is 16.5. The third kappa shape index (κ3) is 2.58. The predicted octanol–water partition coefficient (Wildman–Crippen LogP) is 7.39. The van der Waals surface area contributed by atoms with E-state index in [1.807, 2.05) is 36.9 Å². The van der Waals surface area contributed by atoms with Crippen LogP contribution in [0.2, 0.25) is 0 Å². The Morgan fingerprint density at radius 2 is 0.971 bits per heavy atom. The minimum absolute atomic E-state index is 0.775. The Balaban J connectivity index is 1.31. The number of ether oxygens (including phenoxy) is 1. The number of nitrogens with zero attached hydrogens (tertiary/aromatic N) is 4. The summed E-state index contributed by atoms with van der Waals surface area (Å²) in [5.74, 6) is 1.55. The number of imidazole rings is 2. The Morgan fingerprint density at radius 1 is 0.486 bits per heavy atom. The summed E-state index contributed by atoms with van der Waals surface area (Å²) < 4.78 is 10.7. The molecule has 35 heavy (non-hydrogen) atoms. The Labute approximate surface area is 199 Å². The Bertz CT molecular complexity index is 1950. The van der Waals surface area contributed by atoms with E-state index in [1.54, 1.807) is 0 Å². The highest BCUT2D eigenvalue weighted by molar-refractivity contribution is 6.13. The Morgan fingerprint density at radius 3 is 1.49 bits per heavy atom. The smallest absolute Gasteiger partial charge is 0.145 e. The topological polar surface area (TPSA) is 43.8 Å². The van der Waals surface area contributed by atoms with Gasteiger partial charge in [-0.3, -0.25) is 8.80 Å². The molecule has 5 nitrogen and oxygen atoms in total. The SMILES string of the molecule is c1ccc2c(c1)c1ccc(Oc3ccc4c5ccccc5n5ccnc5c4c3)cc1c1nccn21. The van der Waals surface area contributed by atoms with E-state index in [-0.39, 0.29) is 0 Å². The van der Waals surface area contributed by atoms with Crippen molar-refractivity contribution < 1.29 is 4.74 Å². The fraction of sp³-hybridized carbons (Fsp3) is 0. The minimum Gasteiger partial charge on any atom is -0.457 e. The van der Waals surface area contributed by atoms with Crippen LogP contribution in [0.15, 0.2) is 110 Å². The molecular formula is C30H18N4O. The lowest BCUT2D eigenvalue weighted by molar-refractivity contribution is 0.484. The average molecular weight is 451 g/mol. The molecule has 4 aromatic heterocycles. The molecule has 0 aliphatic carbocycles. The number of aromatic nitrogens is 4. The molecule has 0 spiro atoms. The van der Waals surface area contributed by atoms with Crippen LogP contribution in [0.1, 0.15) is 0 Å². The standard InChI is InChI=1S/C30H18N4O/c1-3-7-27-23(5-1)21-11-9-19(17-25(21)29-31-13-15-33(27)29)35-20-10-12-22-24-6-2-4-8-28(24)34-16-14-32-30(34)26(22)18-20/h1-18H. The summed E-state index contributed by atoms with van der Waals surface area (Å²) >= 11 is 0. The number of fused-ring (bicyclic) bond motifs is 12. The van der Waals surface area contributed by atoms with Crippen LogP contribution in [0.25, 0.3) is 54.6 Å². The molecule has 0 N–H and O–H groups in total. The van der Waals surface area contributed by atoms with Crippen molar-refractivity contribution in [2.45, 2.75) is 0 Å². The molecule has 8 rings (SSSR count). The van der Waals surface area contributed by atoms with Crippen LogP contribution in [0, 0.1) is 0 Å². The summed E-state index contributed by atoms with van der Waals surface area (Å²) in [5, 5.41) is 6.84. The molecule has 0 radical (unpaired) electrons. The van der Waals surface area contributed by atoms with Crippen molar-refractivity contribution in [1.29, 1.82) is 0 Å². The Kier molecular flexibility index (Phi) is 3.60. The zero-order valence-corrected chi connectivity index (χ0v) is 18.6. The van der Waals surface area contributed by atoms with Crippen molar-refractivity contribution in [1.82, 2.24) is 18.8 Å². The lowest BCUT2D eigenvalue weighted by atomic mass is 10.1. The van der Waals surface area contributed by atoms with Gasteiger partial charge < -0.3 is 4.74 Å². The van der Waals surface area contributed by atoms with Crippen molar-refractivity contribution in [3.63, 3.8) is 0 Å². The fourth-order valence-corrected chi connectivity index (χ4v) is 5.37. The molecule has 0 bridgehead atoms. The van der Waals surface area contributed by atoms with E-state index in [9.17, 15) is 0 Å². The van der Waals surface area contributed by atoms with Crippen molar-refractivity contribution in [2.24, 2.45) is 0 Å². The molecular weight excluding hydrogens is 432 g/mol. The molecule has 0 amide bonds. The second kappa shape index (κ2) is 6.81. The van der Waals surface area contributed by atoms with E-state index in [4.69, 9.17) is 4.74 Å². The number of pyridine rings is 2. The molecule has 0 saturated carbocycles. The van der Waals surface area contributed by atoms with E-state index in [0.717, 1.165) is 55.4 Å². The van der Waals surface area contributed by atoms with Gasteiger partial charge in [-0.2, -0.15) is 0 Å². The summed E-state index contributed by atoms with van der Waals surface area (Å²) in [4.78, 5) is 9.28. The molecule has 0 aliphatic rings. The van der Waals surface area contributed by atoms with Gasteiger partial charge in [-0.1, -0.05) is 36.4 Å². The first-order valence-corrected chi connectivity index (χ1v) is 11.6. The molecule has 0 atom stereocenters. The third-order valence-corrected chi connectivity index (χ3v) is 6.89. The van der Waals surface area contributed by atoms with Gasteiger partial charge in [0.05, 0.1) is 11.0 Å². The fourth-order valence-electron chi connectivity index (χ4n) is 5.37. The van der Waals surface area contributed by atoms with Crippen molar-refractivity contribution in [3.05, 3.63) is 110 Å². The lowest BCUT2D eigenvalue weighted by Crippen LogP contribution is -1.92. The zero-order chi connectivity index (χ0) is 22.9. The maximum absolute atomic E-state index is 6.40. The van der Waals surface area contributed by atoms with Crippen LogP contribution in [-0.2, 0) is 0 Å². The van der Waals surface area contributed by atoms with Crippen LogP contribution >= 0.6 is 0 Å². The summed E-state index contributed by atoms with van der Waals surface area (Å²) in [6.07, 6.45) is 7.71. The van der Waals surface area contributed by atoms with Crippen LogP contribution in [0.4, 0.5) is 0 Å². The van der Waals surface area contributed by atoms with Gasteiger partial charge in [0, 0.05) is 46.3 Å². The van der Waals surface area contributed by atoms with Gasteiger partial charge in [0.2, 0.25) is 0 Å². The van der Waals surface area contributed by atoms with E-state index >= 15 is 0 Å². The highest BCUT2D eigenvalue weighted by Crippen LogP contribution is 2.35. The molecule has 4 aromatic carbocycles. The molecule has 4 heterocycles. The van der Waals surface area contributed by atoms with Crippen molar-refractivity contribution in [2.75, 3.05) is 0 Å². The predicted molar refractivity (Wildman–Crippen MR) is 140 cm³/mol. The van der Waals surface area contributed by atoms with E-state index < -0.39 is 0 Å². The molecule has 8 aromatic rings. The molecule has 0 fully saturated rings. The first kappa shape index (κ1) is 18.5. The quantitative estimate of drug-likeness (QED) is 0.258. The number of hydrogen-bond acceptors (Lipinski definition) is 3. The molecule has 164 valence electrons. The Hall–Kier alpha value is -4.90. The first-order valence-electron chi connectivity index (χ1n) is 11.6. The number of rotatable bonds is 2. The number of para-hydroxylation sites is 2. The second-order valence-corrected chi connectivity index (χ2v) is 8.79. The molecule has 0 aliphatic heterocycles. The third-order valence-electron chi connectivity index (χ3n) is 6.89. The maximum Gasteiger partial charge on any atom is 0.145 e. The largest absolute Gasteiger partial charge is 0.457 e. The van der Waals surface area contributed by atoms with Gasteiger partial charge in [0.25, 0.3) is 0 Å². The summed E-state index contributed by atoms with van der Waals surface area (Å²) in [7, 11) is 0. The van der Waals surface area contributed by atoms with E-state index in [1.165, 1.54) is 10.8 Å². The van der Waals surface area contributed by atoms with Gasteiger partial charge in [-0.25, -0.2) is 9.97 Å². The average Bonchev–Trinajstić information content (AvgIpc) is 3.60. The highest BCUT2D eigenvalue weighted by Gasteiger charge is 2.13.